The molecule has 0 spiro atoms. The van der Waals surface area contributed by atoms with E-state index in [-0.39, 0.29) is 6.61 Å². The molecule has 2 rings (SSSR count). The Morgan fingerprint density at radius 2 is 2.00 bits per heavy atom. The molecule has 2 heteroatoms. The van der Waals surface area contributed by atoms with Crippen molar-refractivity contribution in [2.45, 2.75) is 19.8 Å². The van der Waals surface area contributed by atoms with Crippen molar-refractivity contribution < 1.29 is 5.11 Å². The molecule has 0 aromatic heterocycles. The summed E-state index contributed by atoms with van der Waals surface area (Å²) in [4.78, 5) is 2.19. The lowest BCUT2D eigenvalue weighted by molar-refractivity contribution is 0.271. The highest BCUT2D eigenvalue weighted by Crippen LogP contribution is 2.34. The zero-order chi connectivity index (χ0) is 10.6. The number of fused-ring (bicyclic) bond motifs is 1. The largest absolute Gasteiger partial charge is 0.396 e. The van der Waals surface area contributed by atoms with Gasteiger partial charge < -0.3 is 10.0 Å². The molecule has 0 aliphatic carbocycles. The van der Waals surface area contributed by atoms with Crippen LogP contribution in [0.2, 0.25) is 0 Å². The molecule has 78 valence electrons. The Morgan fingerprint density at radius 3 is 2.64 bits per heavy atom. The molecule has 1 unspecified atom stereocenters. The first-order chi connectivity index (χ1) is 6.83. The summed E-state index contributed by atoms with van der Waals surface area (Å²) in [6, 6.07) is 8.26. The lowest BCUT2D eigenvalue weighted by Gasteiger charge is -2.11. The van der Waals surface area contributed by atoms with E-state index in [4.69, 9.17) is 5.11 Å². The summed E-state index contributed by atoms with van der Waals surface area (Å²) < 4.78 is 0. The van der Waals surface area contributed by atoms with Crippen LogP contribution in [0.1, 0.15) is 25.3 Å². The van der Waals surface area contributed by atoms with Gasteiger partial charge in [0.1, 0.15) is 0 Å². The quantitative estimate of drug-likeness (QED) is 0.739. The molecular weight excluding hydrogens is 174 g/mol. The van der Waals surface area contributed by atoms with Gasteiger partial charge in [-0.1, -0.05) is 32.0 Å². The number of nitrogens with zero attached hydrogens (tertiary/aromatic N) is 1. The summed E-state index contributed by atoms with van der Waals surface area (Å²) in [6.45, 7) is 5.19. The Bertz CT molecular complexity index is 285. The second-order valence-corrected chi connectivity index (χ2v) is 3.32. The first kappa shape index (κ1) is 11.1. The Labute approximate surface area is 86.2 Å². The average Bonchev–Trinajstić information content (AvgIpc) is 2.59. The van der Waals surface area contributed by atoms with Gasteiger partial charge in [0, 0.05) is 25.2 Å². The van der Waals surface area contributed by atoms with Crippen molar-refractivity contribution in [3.63, 3.8) is 0 Å². The van der Waals surface area contributed by atoms with E-state index in [1.807, 2.05) is 26.0 Å². The van der Waals surface area contributed by atoms with Gasteiger partial charge in [0.05, 0.1) is 6.61 Å². The number of hydrogen-bond donors (Lipinski definition) is 1. The van der Waals surface area contributed by atoms with Crippen molar-refractivity contribution in [1.29, 1.82) is 0 Å². The van der Waals surface area contributed by atoms with Gasteiger partial charge in [-0.05, 0) is 11.6 Å². The molecule has 0 fully saturated rings. The van der Waals surface area contributed by atoms with Crippen LogP contribution in [-0.2, 0) is 0 Å². The van der Waals surface area contributed by atoms with Crippen LogP contribution in [0.15, 0.2) is 24.3 Å². The average molecular weight is 193 g/mol. The fraction of sp³-hybridized carbons (Fsp3) is 0.500. The van der Waals surface area contributed by atoms with E-state index in [0.717, 1.165) is 6.54 Å². The Balaban J connectivity index is 0.000000461. The van der Waals surface area contributed by atoms with Gasteiger partial charge in [-0.3, -0.25) is 0 Å². The predicted octanol–water partition coefficient (Wildman–Crippen LogP) is 2.24. The number of aliphatic hydroxyl groups excluding tert-OH is 1. The lowest BCUT2D eigenvalue weighted by atomic mass is 10.0. The van der Waals surface area contributed by atoms with Crippen LogP contribution in [0.5, 0.6) is 0 Å². The van der Waals surface area contributed by atoms with E-state index in [9.17, 15) is 0 Å². The number of para-hydroxylation sites is 1. The second-order valence-electron chi connectivity index (χ2n) is 3.32. The zero-order valence-electron chi connectivity index (χ0n) is 9.20. The molecule has 0 saturated carbocycles. The molecule has 0 bridgehead atoms. The van der Waals surface area contributed by atoms with Crippen molar-refractivity contribution in [3.05, 3.63) is 29.8 Å². The van der Waals surface area contributed by atoms with E-state index in [0.29, 0.717) is 5.92 Å². The topological polar surface area (TPSA) is 23.5 Å². The van der Waals surface area contributed by atoms with Gasteiger partial charge in [0.25, 0.3) is 0 Å². The monoisotopic (exact) mass is 193 g/mol. The summed E-state index contributed by atoms with van der Waals surface area (Å²) in [5.74, 6) is 0.311. The molecule has 1 heterocycles. The summed E-state index contributed by atoms with van der Waals surface area (Å²) in [7, 11) is 2.06. The Hall–Kier alpha value is -1.02. The van der Waals surface area contributed by atoms with Crippen LogP contribution < -0.4 is 4.90 Å². The summed E-state index contributed by atoms with van der Waals surface area (Å²) in [6.07, 6.45) is 0. The van der Waals surface area contributed by atoms with Crippen molar-refractivity contribution in [2.75, 3.05) is 25.1 Å². The van der Waals surface area contributed by atoms with Crippen LogP contribution in [0.25, 0.3) is 0 Å². The maximum atomic E-state index is 9.10. The van der Waals surface area contributed by atoms with Crippen molar-refractivity contribution in [2.24, 2.45) is 0 Å². The number of anilines is 1. The summed E-state index contributed by atoms with van der Waals surface area (Å²) in [5, 5.41) is 9.10. The highest BCUT2D eigenvalue weighted by atomic mass is 16.3. The highest BCUT2D eigenvalue weighted by molar-refractivity contribution is 5.59. The van der Waals surface area contributed by atoms with Gasteiger partial charge in [-0.15, -0.1) is 0 Å². The van der Waals surface area contributed by atoms with Crippen LogP contribution in [0, 0.1) is 0 Å². The number of likely N-dealkylation sites (N-methyl/N-ethyl adjacent to an activating group) is 1. The molecule has 0 radical (unpaired) electrons. The second kappa shape index (κ2) is 5.01. The van der Waals surface area contributed by atoms with Crippen molar-refractivity contribution >= 4 is 5.69 Å². The third-order valence-corrected chi connectivity index (χ3v) is 2.50. The molecule has 2 nitrogen and oxygen atoms in total. The van der Waals surface area contributed by atoms with Gasteiger partial charge >= 0.3 is 0 Å². The maximum absolute atomic E-state index is 9.10. The van der Waals surface area contributed by atoms with Gasteiger partial charge in [-0.25, -0.2) is 0 Å². The van der Waals surface area contributed by atoms with Gasteiger partial charge in [-0.2, -0.15) is 0 Å². The first-order valence-corrected chi connectivity index (χ1v) is 5.24. The third kappa shape index (κ3) is 1.90. The van der Waals surface area contributed by atoms with Crippen molar-refractivity contribution in [3.8, 4) is 0 Å². The van der Waals surface area contributed by atoms with E-state index in [1.54, 1.807) is 0 Å². The number of rotatable bonds is 1. The number of benzene rings is 1. The molecule has 14 heavy (non-hydrogen) atoms. The Morgan fingerprint density at radius 1 is 1.36 bits per heavy atom. The normalized spacial score (nSPS) is 18.6. The Kier molecular flexibility index (Phi) is 3.96. The molecular formula is C12H19NO. The predicted molar refractivity (Wildman–Crippen MR) is 60.9 cm³/mol. The summed E-state index contributed by atoms with van der Waals surface area (Å²) in [5.41, 5.74) is 2.54. The first-order valence-electron chi connectivity index (χ1n) is 5.24. The molecule has 1 aliphatic rings. The molecule has 1 N–H and O–H groups in total. The molecule has 1 atom stereocenters. The smallest absolute Gasteiger partial charge is 0.0517 e. The number of hydrogen-bond acceptors (Lipinski definition) is 2. The molecule has 1 aromatic rings. The standard InChI is InChI=1S/C10H13NO.C2H6/c1-11-6-8(7-12)9-4-2-3-5-10(9)11;1-2/h2-5,8,12H,6-7H2,1H3;1-2H3. The molecule has 1 aliphatic heterocycles. The van der Waals surface area contributed by atoms with Crippen LogP contribution in [-0.4, -0.2) is 25.3 Å². The zero-order valence-corrected chi connectivity index (χ0v) is 9.20. The third-order valence-electron chi connectivity index (χ3n) is 2.50. The minimum atomic E-state index is 0.251. The van der Waals surface area contributed by atoms with Crippen LogP contribution >= 0.6 is 0 Å². The summed E-state index contributed by atoms with van der Waals surface area (Å²) >= 11 is 0. The van der Waals surface area contributed by atoms with Crippen molar-refractivity contribution in [1.82, 2.24) is 0 Å². The molecule has 1 aromatic carbocycles. The van der Waals surface area contributed by atoms with E-state index in [2.05, 4.69) is 24.1 Å². The van der Waals surface area contributed by atoms with Crippen LogP contribution in [0.3, 0.4) is 0 Å². The van der Waals surface area contributed by atoms with Crippen LogP contribution in [0.4, 0.5) is 5.69 Å². The SMILES string of the molecule is CC.CN1CC(CO)c2ccccc21. The van der Waals surface area contributed by atoms with Gasteiger partial charge in [0.2, 0.25) is 0 Å². The van der Waals surface area contributed by atoms with E-state index >= 15 is 0 Å². The minimum Gasteiger partial charge on any atom is -0.396 e. The fourth-order valence-corrected chi connectivity index (χ4v) is 1.86. The minimum absolute atomic E-state index is 0.251. The molecule has 0 amide bonds. The van der Waals surface area contributed by atoms with E-state index < -0.39 is 0 Å². The maximum Gasteiger partial charge on any atom is 0.0517 e. The number of aliphatic hydroxyl groups is 1. The highest BCUT2D eigenvalue weighted by Gasteiger charge is 2.24. The lowest BCUT2D eigenvalue weighted by Crippen LogP contribution is -2.16. The van der Waals surface area contributed by atoms with E-state index in [1.165, 1.54) is 11.3 Å². The fourth-order valence-electron chi connectivity index (χ4n) is 1.86. The molecule has 0 saturated heterocycles. The van der Waals surface area contributed by atoms with Gasteiger partial charge in [0.15, 0.2) is 0 Å².